The van der Waals surface area contributed by atoms with E-state index >= 15 is 0 Å². The van der Waals surface area contributed by atoms with Crippen molar-refractivity contribution in [3.05, 3.63) is 0 Å². The minimum absolute atomic E-state index is 0.0233. The van der Waals surface area contributed by atoms with Crippen LogP contribution in [0.1, 0.15) is 39.0 Å². The maximum absolute atomic E-state index is 11.5. The highest BCUT2D eigenvalue weighted by Gasteiger charge is 2.51. The van der Waals surface area contributed by atoms with Crippen molar-refractivity contribution in [3.8, 4) is 0 Å². The highest BCUT2D eigenvalue weighted by atomic mass is 16.5. The lowest BCUT2D eigenvalue weighted by molar-refractivity contribution is -0.147. The summed E-state index contributed by atoms with van der Waals surface area (Å²) in [5.41, 5.74) is -0.157. The fraction of sp³-hybridized carbons (Fsp3) is 0.917. The zero-order valence-electron chi connectivity index (χ0n) is 10.2. The van der Waals surface area contributed by atoms with Crippen LogP contribution in [0.5, 0.6) is 0 Å². The average molecular weight is 213 g/mol. The Labute approximate surface area is 92.8 Å². The van der Waals surface area contributed by atoms with Crippen molar-refractivity contribution >= 4 is 5.97 Å². The van der Waals surface area contributed by atoms with Crippen molar-refractivity contribution < 1.29 is 9.53 Å². The number of nitrogens with zero attached hydrogens (tertiary/aromatic N) is 1. The number of rotatable bonds is 7. The lowest BCUT2D eigenvalue weighted by Crippen LogP contribution is -2.33. The van der Waals surface area contributed by atoms with Gasteiger partial charge in [0.15, 0.2) is 0 Å². The van der Waals surface area contributed by atoms with E-state index in [9.17, 15) is 4.79 Å². The molecule has 0 spiro atoms. The number of carbonyl (C=O) groups excluding carboxylic acids is 1. The van der Waals surface area contributed by atoms with Crippen molar-refractivity contribution in [3.63, 3.8) is 0 Å². The van der Waals surface area contributed by atoms with Crippen LogP contribution >= 0.6 is 0 Å². The number of hydrogen-bond acceptors (Lipinski definition) is 3. The van der Waals surface area contributed by atoms with Crippen molar-refractivity contribution in [2.24, 2.45) is 5.41 Å². The Morgan fingerprint density at radius 2 is 2.07 bits per heavy atom. The summed E-state index contributed by atoms with van der Waals surface area (Å²) in [6.07, 6.45) is 5.74. The van der Waals surface area contributed by atoms with Gasteiger partial charge in [-0.2, -0.15) is 0 Å². The summed E-state index contributed by atoms with van der Waals surface area (Å²) < 4.78 is 4.84. The zero-order valence-corrected chi connectivity index (χ0v) is 10.2. The second kappa shape index (κ2) is 5.50. The molecule has 3 heteroatoms. The lowest BCUT2D eigenvalue weighted by Gasteiger charge is -2.21. The Balaban J connectivity index is 2.25. The second-order valence-electron chi connectivity index (χ2n) is 4.72. The third kappa shape index (κ3) is 3.49. The second-order valence-corrected chi connectivity index (χ2v) is 4.72. The normalized spacial score (nSPS) is 17.9. The maximum atomic E-state index is 11.5. The van der Waals surface area contributed by atoms with Gasteiger partial charge in [-0.25, -0.2) is 0 Å². The molecule has 0 aromatic rings. The van der Waals surface area contributed by atoms with Crippen molar-refractivity contribution in [2.75, 3.05) is 27.2 Å². The molecule has 0 saturated heterocycles. The monoisotopic (exact) mass is 213 g/mol. The summed E-state index contributed by atoms with van der Waals surface area (Å²) >= 11 is 0. The van der Waals surface area contributed by atoms with E-state index in [2.05, 4.69) is 18.9 Å². The van der Waals surface area contributed by atoms with Gasteiger partial charge in [0.1, 0.15) is 0 Å². The molecule has 0 bridgehead atoms. The molecule has 0 radical (unpaired) electrons. The third-order valence-electron chi connectivity index (χ3n) is 3.19. The van der Waals surface area contributed by atoms with E-state index in [-0.39, 0.29) is 11.4 Å². The quantitative estimate of drug-likeness (QED) is 0.479. The smallest absolute Gasteiger partial charge is 0.313 e. The van der Waals surface area contributed by atoms with E-state index < -0.39 is 0 Å². The van der Waals surface area contributed by atoms with Gasteiger partial charge in [0, 0.05) is 6.54 Å². The maximum Gasteiger partial charge on any atom is 0.313 e. The average Bonchev–Trinajstić information content (AvgIpc) is 2.98. The van der Waals surface area contributed by atoms with Gasteiger partial charge in [-0.05, 0) is 32.9 Å². The van der Waals surface area contributed by atoms with Crippen LogP contribution in [-0.4, -0.2) is 38.1 Å². The Hall–Kier alpha value is -0.570. The van der Waals surface area contributed by atoms with E-state index in [1.807, 2.05) is 0 Å². The molecule has 0 aliphatic heterocycles. The molecule has 0 aromatic heterocycles. The van der Waals surface area contributed by atoms with Gasteiger partial charge in [0.2, 0.25) is 0 Å². The number of methoxy groups -OCH3 is 1. The first-order valence-corrected chi connectivity index (χ1v) is 5.91. The fourth-order valence-electron chi connectivity index (χ4n) is 2.02. The first-order chi connectivity index (χ1) is 7.14. The zero-order chi connectivity index (χ0) is 11.3. The number of esters is 1. The van der Waals surface area contributed by atoms with E-state index in [0.717, 1.165) is 25.9 Å². The van der Waals surface area contributed by atoms with Crippen molar-refractivity contribution in [2.45, 2.75) is 39.0 Å². The number of unbranched alkanes of at least 4 members (excludes halogenated alkanes) is 2. The predicted molar refractivity (Wildman–Crippen MR) is 60.7 cm³/mol. The van der Waals surface area contributed by atoms with Crippen molar-refractivity contribution in [1.29, 1.82) is 0 Å². The Kier molecular flexibility index (Phi) is 4.58. The van der Waals surface area contributed by atoms with E-state index in [0.29, 0.717) is 0 Å². The van der Waals surface area contributed by atoms with Gasteiger partial charge in [-0.15, -0.1) is 0 Å². The minimum Gasteiger partial charge on any atom is -0.469 e. The highest BCUT2D eigenvalue weighted by molar-refractivity contribution is 5.80. The van der Waals surface area contributed by atoms with Gasteiger partial charge in [-0.3, -0.25) is 4.79 Å². The van der Waals surface area contributed by atoms with Gasteiger partial charge < -0.3 is 9.64 Å². The molecule has 0 aromatic carbocycles. The molecule has 1 rings (SSSR count). The molecule has 15 heavy (non-hydrogen) atoms. The molecule has 0 atom stereocenters. The topological polar surface area (TPSA) is 29.5 Å². The highest BCUT2D eigenvalue weighted by Crippen LogP contribution is 2.47. The molecule has 1 fully saturated rings. The van der Waals surface area contributed by atoms with Gasteiger partial charge >= 0.3 is 5.97 Å². The minimum atomic E-state index is -0.157. The van der Waals surface area contributed by atoms with Crippen LogP contribution in [0.4, 0.5) is 0 Å². The van der Waals surface area contributed by atoms with Crippen LogP contribution in [0.25, 0.3) is 0 Å². The lowest BCUT2D eigenvalue weighted by atomic mass is 10.1. The largest absolute Gasteiger partial charge is 0.469 e. The number of carbonyl (C=O) groups is 1. The van der Waals surface area contributed by atoms with Crippen LogP contribution < -0.4 is 0 Å². The number of ether oxygens (including phenoxy) is 1. The molecule has 1 saturated carbocycles. The molecule has 0 N–H and O–H groups in total. The Morgan fingerprint density at radius 3 is 2.53 bits per heavy atom. The van der Waals surface area contributed by atoms with Crippen LogP contribution in [0.3, 0.4) is 0 Å². The molecule has 1 aliphatic carbocycles. The third-order valence-corrected chi connectivity index (χ3v) is 3.19. The SMILES string of the molecule is CCCCCN(C)CC1(C(=O)OC)CC1. The van der Waals surface area contributed by atoms with E-state index in [4.69, 9.17) is 4.74 Å². The molecule has 0 unspecified atom stereocenters. The first-order valence-electron chi connectivity index (χ1n) is 5.91. The molecular weight excluding hydrogens is 190 g/mol. The van der Waals surface area contributed by atoms with Crippen molar-refractivity contribution in [1.82, 2.24) is 4.90 Å². The summed E-state index contributed by atoms with van der Waals surface area (Å²) in [4.78, 5) is 13.8. The summed E-state index contributed by atoms with van der Waals surface area (Å²) in [6, 6.07) is 0. The number of hydrogen-bond donors (Lipinski definition) is 0. The van der Waals surface area contributed by atoms with Crippen LogP contribution in [-0.2, 0) is 9.53 Å². The van der Waals surface area contributed by atoms with E-state index in [1.165, 1.54) is 26.4 Å². The Morgan fingerprint density at radius 1 is 1.40 bits per heavy atom. The van der Waals surface area contributed by atoms with E-state index in [1.54, 1.807) is 0 Å². The summed E-state index contributed by atoms with van der Waals surface area (Å²) in [5, 5.41) is 0. The summed E-state index contributed by atoms with van der Waals surface area (Å²) in [5.74, 6) is -0.0233. The van der Waals surface area contributed by atoms with Crippen LogP contribution in [0, 0.1) is 5.41 Å². The van der Waals surface area contributed by atoms with Crippen LogP contribution in [0.2, 0.25) is 0 Å². The molecule has 3 nitrogen and oxygen atoms in total. The summed E-state index contributed by atoms with van der Waals surface area (Å²) in [7, 11) is 3.58. The first kappa shape index (κ1) is 12.5. The van der Waals surface area contributed by atoms with Gasteiger partial charge in [-0.1, -0.05) is 19.8 Å². The molecule has 1 aliphatic rings. The molecular formula is C12H23NO2. The molecule has 88 valence electrons. The predicted octanol–water partition coefficient (Wildman–Crippen LogP) is 2.06. The van der Waals surface area contributed by atoms with Crippen LogP contribution in [0.15, 0.2) is 0 Å². The fourth-order valence-corrected chi connectivity index (χ4v) is 2.02. The molecule has 0 heterocycles. The van der Waals surface area contributed by atoms with Gasteiger partial charge in [0.25, 0.3) is 0 Å². The Bertz CT molecular complexity index is 212. The molecule has 0 amide bonds. The van der Waals surface area contributed by atoms with Gasteiger partial charge in [0.05, 0.1) is 12.5 Å². The summed E-state index contributed by atoms with van der Waals surface area (Å²) in [6.45, 7) is 4.16. The standard InChI is InChI=1S/C12H23NO2/c1-4-5-6-9-13(2)10-12(7-8-12)11(14)15-3/h4-10H2,1-3H3.